The van der Waals surface area contributed by atoms with Crippen LogP contribution in [0.2, 0.25) is 10.0 Å². The van der Waals surface area contributed by atoms with E-state index in [9.17, 15) is 0 Å². The first kappa shape index (κ1) is 18.6. The predicted octanol–water partition coefficient (Wildman–Crippen LogP) is 7.29. The van der Waals surface area contributed by atoms with Gasteiger partial charge in [-0.25, -0.2) is 4.98 Å². The van der Waals surface area contributed by atoms with Crippen LogP contribution in [0.15, 0.2) is 34.8 Å². The van der Waals surface area contributed by atoms with Gasteiger partial charge in [-0.2, -0.15) is 0 Å². The van der Waals surface area contributed by atoms with Crippen molar-refractivity contribution in [2.24, 2.45) is 7.05 Å². The lowest BCUT2D eigenvalue weighted by Crippen LogP contribution is -2.03. The molecule has 2 aromatic carbocycles. The fraction of sp³-hybridized carbons (Fsp3) is 0.316. The number of nitrogens with zero attached hydrogens (tertiary/aromatic N) is 2. The van der Waals surface area contributed by atoms with Crippen LogP contribution in [0.4, 0.5) is 11.6 Å². The van der Waals surface area contributed by atoms with Gasteiger partial charge in [-0.1, -0.05) is 59.0 Å². The Labute approximate surface area is 166 Å². The second-order valence-electron chi connectivity index (χ2n) is 6.09. The minimum atomic E-state index is 0.485. The maximum Gasteiger partial charge on any atom is 0.208 e. The summed E-state index contributed by atoms with van der Waals surface area (Å²) in [6.45, 7) is 4.43. The Bertz CT molecular complexity index is 917. The van der Waals surface area contributed by atoms with E-state index in [1.54, 1.807) is 0 Å². The molecular weight excluding hydrogens is 421 g/mol. The number of rotatable bonds is 5. The maximum absolute atomic E-state index is 6.42. The lowest BCUT2D eigenvalue weighted by Gasteiger charge is -2.16. The van der Waals surface area contributed by atoms with E-state index in [0.717, 1.165) is 40.0 Å². The number of benzene rings is 2. The summed E-state index contributed by atoms with van der Waals surface area (Å²) < 4.78 is 3.00. The second kappa shape index (κ2) is 7.56. The first-order valence-electron chi connectivity index (χ1n) is 8.33. The fourth-order valence-corrected chi connectivity index (χ4v) is 4.11. The first-order valence-corrected chi connectivity index (χ1v) is 9.88. The minimum Gasteiger partial charge on any atom is -0.324 e. The molecule has 1 aromatic heterocycles. The summed E-state index contributed by atoms with van der Waals surface area (Å²) in [5, 5.41) is 4.62. The number of halogens is 3. The molecule has 0 aliphatic heterocycles. The molecule has 0 amide bonds. The van der Waals surface area contributed by atoms with Gasteiger partial charge >= 0.3 is 0 Å². The van der Waals surface area contributed by atoms with Gasteiger partial charge in [0.2, 0.25) is 5.95 Å². The van der Waals surface area contributed by atoms with Crippen molar-refractivity contribution in [3.8, 4) is 0 Å². The van der Waals surface area contributed by atoms with Gasteiger partial charge in [0.15, 0.2) is 0 Å². The van der Waals surface area contributed by atoms with Gasteiger partial charge < -0.3 is 9.88 Å². The molecule has 3 rings (SSSR count). The number of aromatic nitrogens is 2. The summed E-state index contributed by atoms with van der Waals surface area (Å²) in [7, 11) is 2.01. The molecule has 0 saturated heterocycles. The maximum atomic E-state index is 6.42. The van der Waals surface area contributed by atoms with Gasteiger partial charge in [0.25, 0.3) is 0 Å². The number of nitrogens with one attached hydrogen (secondary N) is 1. The Balaban J connectivity index is 2.13. The number of anilines is 2. The molecule has 1 N–H and O–H groups in total. The zero-order valence-corrected chi connectivity index (χ0v) is 17.5. The molecule has 0 aliphatic carbocycles. The molecule has 1 heterocycles. The summed E-state index contributed by atoms with van der Waals surface area (Å²) in [6, 6.07) is 9.80. The van der Waals surface area contributed by atoms with Gasteiger partial charge in [-0.3, -0.25) is 0 Å². The molecule has 25 heavy (non-hydrogen) atoms. The molecule has 0 fully saturated rings. The topological polar surface area (TPSA) is 29.9 Å². The summed E-state index contributed by atoms with van der Waals surface area (Å²) >= 11 is 16.2. The number of fused-ring (bicyclic) bond motifs is 1. The lowest BCUT2D eigenvalue weighted by atomic mass is 9.93. The van der Waals surface area contributed by atoms with Gasteiger partial charge in [-0.15, -0.1) is 0 Å². The molecule has 0 aliphatic rings. The molecule has 0 atom stereocenters. The van der Waals surface area contributed by atoms with Crippen LogP contribution in [-0.2, 0) is 7.05 Å². The summed E-state index contributed by atoms with van der Waals surface area (Å²) in [5.74, 6) is 1.21. The quantitative estimate of drug-likeness (QED) is 0.451. The molecule has 6 heteroatoms. The van der Waals surface area contributed by atoms with E-state index in [2.05, 4.69) is 45.7 Å². The predicted molar refractivity (Wildman–Crippen MR) is 111 cm³/mol. The highest BCUT2D eigenvalue weighted by atomic mass is 79.9. The molecule has 0 radical (unpaired) electrons. The SMILES string of the molecule is CCC(CC)c1ccc(Cl)c2nc(Nc3ccc(Br)cc3Cl)n(C)c12. The average molecular weight is 441 g/mol. The van der Waals surface area contributed by atoms with E-state index >= 15 is 0 Å². The Hall–Kier alpha value is -1.23. The Morgan fingerprint density at radius 3 is 2.48 bits per heavy atom. The zero-order valence-electron chi connectivity index (χ0n) is 14.4. The molecule has 0 unspecified atom stereocenters. The summed E-state index contributed by atoms with van der Waals surface area (Å²) in [5.41, 5.74) is 4.00. The van der Waals surface area contributed by atoms with Gasteiger partial charge in [0, 0.05) is 11.5 Å². The van der Waals surface area contributed by atoms with Gasteiger partial charge in [-0.05, 0) is 48.6 Å². The normalized spacial score (nSPS) is 11.5. The van der Waals surface area contributed by atoms with Crippen molar-refractivity contribution in [1.82, 2.24) is 9.55 Å². The minimum absolute atomic E-state index is 0.485. The van der Waals surface area contributed by atoms with Crippen molar-refractivity contribution < 1.29 is 0 Å². The van der Waals surface area contributed by atoms with Crippen molar-refractivity contribution in [2.75, 3.05) is 5.32 Å². The Morgan fingerprint density at radius 1 is 1.12 bits per heavy atom. The smallest absolute Gasteiger partial charge is 0.208 e. The Kier molecular flexibility index (Phi) is 5.62. The third-order valence-corrected chi connectivity index (χ3v) is 5.72. The van der Waals surface area contributed by atoms with E-state index in [-0.39, 0.29) is 0 Å². The molecule has 0 saturated carbocycles. The highest BCUT2D eigenvalue weighted by Crippen LogP contribution is 2.36. The second-order valence-corrected chi connectivity index (χ2v) is 7.82. The van der Waals surface area contributed by atoms with Gasteiger partial charge in [0.1, 0.15) is 5.52 Å². The number of aryl methyl sites for hydroxylation is 1. The molecule has 0 bridgehead atoms. The van der Waals surface area contributed by atoms with Crippen LogP contribution in [0.25, 0.3) is 11.0 Å². The van der Waals surface area contributed by atoms with Crippen LogP contribution in [-0.4, -0.2) is 9.55 Å². The van der Waals surface area contributed by atoms with E-state index in [1.807, 2.05) is 31.3 Å². The van der Waals surface area contributed by atoms with Crippen LogP contribution in [0.5, 0.6) is 0 Å². The highest BCUT2D eigenvalue weighted by molar-refractivity contribution is 9.10. The monoisotopic (exact) mass is 439 g/mol. The van der Waals surface area contributed by atoms with Crippen LogP contribution in [0.1, 0.15) is 38.2 Å². The average Bonchev–Trinajstić information content (AvgIpc) is 2.91. The molecule has 3 aromatic rings. The zero-order chi connectivity index (χ0) is 18.1. The van der Waals surface area contributed by atoms with Crippen LogP contribution in [0.3, 0.4) is 0 Å². The van der Waals surface area contributed by atoms with Crippen LogP contribution < -0.4 is 5.32 Å². The molecule has 132 valence electrons. The highest BCUT2D eigenvalue weighted by Gasteiger charge is 2.19. The number of imidazole rings is 1. The van der Waals surface area contributed by atoms with E-state index in [1.165, 1.54) is 5.56 Å². The molecular formula is C19H20BrCl2N3. The van der Waals surface area contributed by atoms with Crippen molar-refractivity contribution in [2.45, 2.75) is 32.6 Å². The van der Waals surface area contributed by atoms with Crippen LogP contribution >= 0.6 is 39.1 Å². The van der Waals surface area contributed by atoms with Gasteiger partial charge in [0.05, 0.1) is 21.2 Å². The summed E-state index contributed by atoms with van der Waals surface area (Å²) in [4.78, 5) is 4.73. The van der Waals surface area contributed by atoms with Crippen molar-refractivity contribution in [3.63, 3.8) is 0 Å². The standard InChI is InChI=1S/C19H20BrCl2N3/c1-4-11(5-2)13-7-8-14(21)17-18(13)25(3)19(24-17)23-16-9-6-12(20)10-15(16)22/h6-11H,4-5H2,1-3H3,(H,23,24). The van der Waals surface area contributed by atoms with E-state index < -0.39 is 0 Å². The molecule has 3 nitrogen and oxygen atoms in total. The van der Waals surface area contributed by atoms with Crippen molar-refractivity contribution >= 4 is 61.8 Å². The largest absolute Gasteiger partial charge is 0.324 e. The van der Waals surface area contributed by atoms with E-state index in [0.29, 0.717) is 16.0 Å². The van der Waals surface area contributed by atoms with Crippen LogP contribution in [0, 0.1) is 0 Å². The number of hydrogen-bond donors (Lipinski definition) is 1. The van der Waals surface area contributed by atoms with Crippen molar-refractivity contribution in [1.29, 1.82) is 0 Å². The number of hydrogen-bond acceptors (Lipinski definition) is 2. The molecule has 0 spiro atoms. The summed E-state index contributed by atoms with van der Waals surface area (Å²) in [6.07, 6.45) is 2.17. The third-order valence-electron chi connectivity index (χ3n) is 4.61. The Morgan fingerprint density at radius 2 is 1.84 bits per heavy atom. The van der Waals surface area contributed by atoms with Crippen molar-refractivity contribution in [3.05, 3.63) is 50.4 Å². The fourth-order valence-electron chi connectivity index (χ4n) is 3.20. The van der Waals surface area contributed by atoms with E-state index in [4.69, 9.17) is 28.2 Å². The first-order chi connectivity index (χ1) is 12.0. The lowest BCUT2D eigenvalue weighted by molar-refractivity contribution is 0.643. The third kappa shape index (κ3) is 3.53.